The molecular weight excluding hydrogens is 405 g/mol. The zero-order chi connectivity index (χ0) is 21.0. The minimum atomic E-state index is -7.17. The Morgan fingerprint density at radius 3 is 1.70 bits per heavy atom. The van der Waals surface area contributed by atoms with Crippen molar-refractivity contribution in [3.8, 4) is 11.3 Å². The van der Waals surface area contributed by atoms with Crippen LogP contribution < -0.4 is 0 Å². The fourth-order valence-electron chi connectivity index (χ4n) is 2.16. The van der Waals surface area contributed by atoms with Crippen molar-refractivity contribution in [3.05, 3.63) is 41.6 Å². The molecule has 0 saturated carbocycles. The molecule has 0 radical (unpaired) electrons. The highest BCUT2D eigenvalue weighted by atomic mass is 19.4. The molecule has 0 aliphatic heterocycles. The molecule has 2 nitrogen and oxygen atoms in total. The van der Waals surface area contributed by atoms with Gasteiger partial charge in [0.2, 0.25) is 0 Å². The lowest BCUT2D eigenvalue weighted by Gasteiger charge is -2.33. The van der Waals surface area contributed by atoms with E-state index < -0.39 is 52.5 Å². The van der Waals surface area contributed by atoms with Gasteiger partial charge in [-0.05, 0) is 24.3 Å². The molecule has 13 heteroatoms. The average molecular weight is 412 g/mol. The summed E-state index contributed by atoms with van der Waals surface area (Å²) in [6, 6.07) is 3.08. The summed E-state index contributed by atoms with van der Waals surface area (Å²) in [6.45, 7) is 0. The number of nitrogens with zero attached hydrogens (tertiary/aromatic N) is 2. The SMILES string of the molecule is Cn1nc(-c2ccc(F)cc2)c(F)c1C(F)(F)C(F)(F)C(F)(F)C(F)(F)F. The maximum Gasteiger partial charge on any atom is 0.460 e. The van der Waals surface area contributed by atoms with Crippen LogP contribution in [0, 0.1) is 11.6 Å². The Bertz CT molecular complexity index is 834. The quantitative estimate of drug-likeness (QED) is 0.625. The largest absolute Gasteiger partial charge is 0.460 e. The van der Waals surface area contributed by atoms with Crippen molar-refractivity contribution in [3.63, 3.8) is 0 Å². The van der Waals surface area contributed by atoms with E-state index in [1.807, 2.05) is 0 Å². The Morgan fingerprint density at radius 2 is 1.26 bits per heavy atom. The van der Waals surface area contributed by atoms with Crippen LogP contribution in [0.3, 0.4) is 0 Å². The molecule has 1 aromatic carbocycles. The zero-order valence-electron chi connectivity index (χ0n) is 12.9. The number of rotatable bonds is 4. The third kappa shape index (κ3) is 3.02. The van der Waals surface area contributed by atoms with Crippen LogP contribution in [0.4, 0.5) is 48.3 Å². The Kier molecular flexibility index (Phi) is 4.73. The Hall–Kier alpha value is -2.34. The van der Waals surface area contributed by atoms with E-state index in [4.69, 9.17) is 0 Å². The molecule has 2 aromatic rings. The number of alkyl halides is 9. The first kappa shape index (κ1) is 21.0. The topological polar surface area (TPSA) is 17.8 Å². The summed E-state index contributed by atoms with van der Waals surface area (Å²) in [7, 11) is 0.446. The molecule has 0 unspecified atom stereocenters. The second-order valence-electron chi connectivity index (χ2n) is 5.36. The fraction of sp³-hybridized carbons (Fsp3) is 0.357. The summed E-state index contributed by atoms with van der Waals surface area (Å²) in [5.41, 5.74) is -3.97. The van der Waals surface area contributed by atoms with E-state index in [9.17, 15) is 48.3 Å². The van der Waals surface area contributed by atoms with E-state index in [0.717, 1.165) is 24.3 Å². The summed E-state index contributed by atoms with van der Waals surface area (Å²) in [5.74, 6) is -23.6. The van der Waals surface area contributed by atoms with E-state index in [1.165, 1.54) is 0 Å². The van der Waals surface area contributed by atoms with E-state index >= 15 is 0 Å². The van der Waals surface area contributed by atoms with Crippen molar-refractivity contribution < 1.29 is 48.3 Å². The fourth-order valence-corrected chi connectivity index (χ4v) is 2.16. The second kappa shape index (κ2) is 6.09. The number of benzene rings is 1. The van der Waals surface area contributed by atoms with Crippen LogP contribution in [-0.2, 0) is 13.0 Å². The third-order valence-electron chi connectivity index (χ3n) is 3.55. The maximum absolute atomic E-state index is 14.3. The predicted molar refractivity (Wildman–Crippen MR) is 68.4 cm³/mol. The molecule has 0 N–H and O–H groups in total. The van der Waals surface area contributed by atoms with E-state index in [0.29, 0.717) is 7.05 Å². The van der Waals surface area contributed by atoms with Crippen LogP contribution in [0.25, 0.3) is 11.3 Å². The lowest BCUT2D eigenvalue weighted by molar-refractivity contribution is -0.400. The molecule has 0 saturated heterocycles. The zero-order valence-corrected chi connectivity index (χ0v) is 12.9. The summed E-state index contributed by atoms with van der Waals surface area (Å²) in [6.07, 6.45) is -7.03. The third-order valence-corrected chi connectivity index (χ3v) is 3.55. The van der Waals surface area contributed by atoms with Gasteiger partial charge in [0.15, 0.2) is 11.5 Å². The minimum absolute atomic E-state index is 0.283. The van der Waals surface area contributed by atoms with Gasteiger partial charge in [-0.3, -0.25) is 4.68 Å². The van der Waals surface area contributed by atoms with Crippen molar-refractivity contribution in [1.82, 2.24) is 9.78 Å². The van der Waals surface area contributed by atoms with Gasteiger partial charge in [-0.1, -0.05) is 0 Å². The molecule has 0 spiro atoms. The van der Waals surface area contributed by atoms with Crippen molar-refractivity contribution in [2.45, 2.75) is 23.9 Å². The lowest BCUT2D eigenvalue weighted by Crippen LogP contribution is -2.60. The summed E-state index contributed by atoms with van der Waals surface area (Å²) >= 11 is 0. The highest BCUT2D eigenvalue weighted by molar-refractivity contribution is 5.60. The standard InChI is InChI=1S/C14H7F11N2/c1-27-10(8(16)9(26-27)6-2-4-7(15)5-3-6)11(17,18)12(19,20)13(21,22)14(23,24)25/h2-5H,1H3. The molecule has 0 aliphatic carbocycles. The van der Waals surface area contributed by atoms with Gasteiger partial charge in [0, 0.05) is 12.6 Å². The second-order valence-corrected chi connectivity index (χ2v) is 5.36. The highest BCUT2D eigenvalue weighted by Crippen LogP contribution is 2.57. The van der Waals surface area contributed by atoms with Crippen molar-refractivity contribution in [1.29, 1.82) is 0 Å². The number of hydrogen-bond donors (Lipinski definition) is 0. The molecule has 27 heavy (non-hydrogen) atoms. The molecule has 150 valence electrons. The smallest absolute Gasteiger partial charge is 0.263 e. The first-order chi connectivity index (χ1) is 12.1. The molecule has 0 atom stereocenters. The molecule has 0 aliphatic rings. The van der Waals surface area contributed by atoms with Crippen LogP contribution in [0.5, 0.6) is 0 Å². The van der Waals surface area contributed by atoms with Crippen LogP contribution in [-0.4, -0.2) is 27.8 Å². The van der Waals surface area contributed by atoms with Gasteiger partial charge in [-0.15, -0.1) is 0 Å². The Labute approximate surface area is 143 Å². The van der Waals surface area contributed by atoms with Gasteiger partial charge < -0.3 is 0 Å². The monoisotopic (exact) mass is 412 g/mol. The Balaban J connectivity index is 2.65. The first-order valence-corrected chi connectivity index (χ1v) is 6.74. The first-order valence-electron chi connectivity index (χ1n) is 6.74. The van der Waals surface area contributed by atoms with Gasteiger partial charge in [0.25, 0.3) is 0 Å². The maximum atomic E-state index is 14.3. The number of aryl methyl sites for hydroxylation is 1. The van der Waals surface area contributed by atoms with Crippen molar-refractivity contribution >= 4 is 0 Å². The summed E-state index contributed by atoms with van der Waals surface area (Å²) in [4.78, 5) is 0. The highest BCUT2D eigenvalue weighted by Gasteiger charge is 2.83. The Morgan fingerprint density at radius 1 is 0.778 bits per heavy atom. The van der Waals surface area contributed by atoms with Gasteiger partial charge in [0.05, 0.1) is 0 Å². The van der Waals surface area contributed by atoms with Crippen molar-refractivity contribution in [2.75, 3.05) is 0 Å². The molecule has 1 aromatic heterocycles. The van der Waals surface area contributed by atoms with E-state index in [2.05, 4.69) is 5.10 Å². The minimum Gasteiger partial charge on any atom is -0.263 e. The van der Waals surface area contributed by atoms with Crippen LogP contribution in [0.2, 0.25) is 0 Å². The van der Waals surface area contributed by atoms with E-state index in [1.54, 1.807) is 0 Å². The molecule has 2 rings (SSSR count). The molecule has 0 bridgehead atoms. The number of halogens is 11. The molecule has 0 fully saturated rings. The molecule has 0 amide bonds. The average Bonchev–Trinajstić information content (AvgIpc) is 2.81. The van der Waals surface area contributed by atoms with E-state index in [-0.39, 0.29) is 4.68 Å². The lowest BCUT2D eigenvalue weighted by atomic mass is 9.99. The normalized spacial score (nSPS) is 13.9. The van der Waals surface area contributed by atoms with Gasteiger partial charge in [-0.2, -0.15) is 44.6 Å². The summed E-state index contributed by atoms with van der Waals surface area (Å²) < 4.78 is 144. The molecular formula is C14H7F11N2. The predicted octanol–water partition coefficient (Wildman–Crippen LogP) is 5.29. The van der Waals surface area contributed by atoms with Crippen LogP contribution in [0.15, 0.2) is 24.3 Å². The van der Waals surface area contributed by atoms with Gasteiger partial charge in [0.1, 0.15) is 11.5 Å². The molecule has 1 heterocycles. The van der Waals surface area contributed by atoms with Crippen LogP contribution in [0.1, 0.15) is 5.69 Å². The van der Waals surface area contributed by atoms with Crippen molar-refractivity contribution in [2.24, 2.45) is 7.05 Å². The van der Waals surface area contributed by atoms with Crippen LogP contribution >= 0.6 is 0 Å². The number of aromatic nitrogens is 2. The number of hydrogen-bond acceptors (Lipinski definition) is 1. The summed E-state index contributed by atoms with van der Waals surface area (Å²) in [5, 5.41) is 3.11. The van der Waals surface area contributed by atoms with Gasteiger partial charge >= 0.3 is 23.9 Å². The van der Waals surface area contributed by atoms with Gasteiger partial charge in [-0.25, -0.2) is 8.78 Å².